The molecule has 26 heavy (non-hydrogen) atoms. The maximum absolute atomic E-state index is 10.3. The number of methoxy groups -OCH3 is 3. The van der Waals surface area contributed by atoms with Gasteiger partial charge in [-0.25, -0.2) is 0 Å². The molecule has 0 saturated carbocycles. The molecule has 2 N–H and O–H groups in total. The summed E-state index contributed by atoms with van der Waals surface area (Å²) >= 11 is 0. The van der Waals surface area contributed by atoms with E-state index in [2.05, 4.69) is 13.0 Å². The number of phenolic OH excluding ortho intramolecular Hbond substituents is 1. The molecule has 5 heteroatoms. The largest absolute Gasteiger partial charge is 0.504 e. The Morgan fingerprint density at radius 3 is 2.42 bits per heavy atom. The van der Waals surface area contributed by atoms with Gasteiger partial charge in [-0.05, 0) is 36.2 Å². The Hall–Kier alpha value is -2.66. The van der Waals surface area contributed by atoms with Crippen LogP contribution in [0.5, 0.6) is 23.0 Å². The lowest BCUT2D eigenvalue weighted by molar-refractivity contribution is -0.842. The van der Waals surface area contributed by atoms with E-state index in [1.54, 1.807) is 21.3 Å². The minimum atomic E-state index is 0.186. The van der Waals surface area contributed by atoms with Crippen LogP contribution in [-0.4, -0.2) is 33.0 Å². The molecule has 2 aromatic carbocycles. The van der Waals surface area contributed by atoms with E-state index in [1.165, 1.54) is 32.9 Å². The highest BCUT2D eigenvalue weighted by Crippen LogP contribution is 2.41. The van der Waals surface area contributed by atoms with Crippen LogP contribution in [0.1, 0.15) is 29.2 Å². The first-order chi connectivity index (χ1) is 12.6. The van der Waals surface area contributed by atoms with Gasteiger partial charge in [-0.3, -0.25) is 4.90 Å². The maximum Gasteiger partial charge on any atom is 0.170 e. The van der Waals surface area contributed by atoms with Gasteiger partial charge in [-0.2, -0.15) is 0 Å². The highest BCUT2D eigenvalue weighted by Gasteiger charge is 2.36. The Labute approximate surface area is 153 Å². The summed E-state index contributed by atoms with van der Waals surface area (Å²) < 4.78 is 16.4. The molecule has 0 saturated heterocycles. The average Bonchev–Trinajstić information content (AvgIpc) is 2.66. The molecule has 1 atom stereocenters. The molecule has 0 aliphatic carbocycles. The minimum Gasteiger partial charge on any atom is -0.504 e. The summed E-state index contributed by atoms with van der Waals surface area (Å²) in [5.41, 5.74) is 7.18. The molecule has 0 bridgehead atoms. The van der Waals surface area contributed by atoms with Crippen LogP contribution >= 0.6 is 0 Å². The number of allylic oxidation sites excluding steroid dienone is 1. The van der Waals surface area contributed by atoms with E-state index in [0.717, 1.165) is 36.6 Å². The fraction of sp³-hybridized carbons (Fsp3) is 0.333. The Morgan fingerprint density at radius 2 is 1.73 bits per heavy atom. The smallest absolute Gasteiger partial charge is 0.170 e. The van der Waals surface area contributed by atoms with Crippen LogP contribution in [0.2, 0.25) is 0 Å². The van der Waals surface area contributed by atoms with Crippen molar-refractivity contribution in [3.63, 3.8) is 0 Å². The first kappa shape index (κ1) is 16.8. The van der Waals surface area contributed by atoms with Crippen molar-refractivity contribution in [3.05, 3.63) is 46.5 Å². The Kier molecular flexibility index (Phi) is 4.04. The molecule has 1 unspecified atom stereocenters. The highest BCUT2D eigenvalue weighted by atomic mass is 16.5. The van der Waals surface area contributed by atoms with Crippen LogP contribution in [0.25, 0.3) is 11.3 Å². The maximum atomic E-state index is 10.3. The summed E-state index contributed by atoms with van der Waals surface area (Å²) in [5.74, 6) is 2.31. The first-order valence-corrected chi connectivity index (χ1v) is 8.79. The van der Waals surface area contributed by atoms with Gasteiger partial charge in [0, 0.05) is 17.6 Å². The normalized spacial score (nSPS) is 17.9. The zero-order valence-corrected chi connectivity index (χ0v) is 15.6. The van der Waals surface area contributed by atoms with Gasteiger partial charge in [-0.15, -0.1) is 0 Å². The molecule has 0 amide bonds. The minimum absolute atomic E-state index is 0.186. The predicted octanol–water partition coefficient (Wildman–Crippen LogP) is 2.26. The number of ether oxygens (including phenoxy) is 3. The van der Waals surface area contributed by atoms with E-state index in [9.17, 15) is 5.11 Å². The van der Waals surface area contributed by atoms with E-state index >= 15 is 0 Å². The van der Waals surface area contributed by atoms with Crippen LogP contribution in [0.4, 0.5) is 0 Å². The van der Waals surface area contributed by atoms with Gasteiger partial charge >= 0.3 is 0 Å². The molecule has 4 rings (SSSR count). The molecule has 2 aliphatic rings. The number of aromatic hydroxyl groups is 1. The Morgan fingerprint density at radius 1 is 0.962 bits per heavy atom. The van der Waals surface area contributed by atoms with Gasteiger partial charge in [0.2, 0.25) is 0 Å². The molecule has 2 heterocycles. The zero-order valence-electron chi connectivity index (χ0n) is 15.6. The number of quaternary nitrogens is 1. The van der Waals surface area contributed by atoms with Gasteiger partial charge in [0.15, 0.2) is 23.0 Å². The summed E-state index contributed by atoms with van der Waals surface area (Å²) in [4.78, 5) is 1.39. The van der Waals surface area contributed by atoms with E-state index in [1.807, 2.05) is 18.2 Å². The van der Waals surface area contributed by atoms with E-state index in [4.69, 9.17) is 14.2 Å². The molecule has 136 valence electrons. The van der Waals surface area contributed by atoms with Crippen molar-refractivity contribution in [2.45, 2.75) is 19.9 Å². The monoisotopic (exact) mass is 354 g/mol. The van der Waals surface area contributed by atoms with Crippen molar-refractivity contribution in [1.82, 2.24) is 0 Å². The molecule has 0 radical (unpaired) electrons. The molecule has 0 fully saturated rings. The van der Waals surface area contributed by atoms with Crippen LogP contribution in [0, 0.1) is 0 Å². The molecule has 2 aromatic rings. The number of phenols is 1. The van der Waals surface area contributed by atoms with Crippen LogP contribution < -0.4 is 19.1 Å². The van der Waals surface area contributed by atoms with Crippen molar-refractivity contribution in [3.8, 4) is 23.0 Å². The second kappa shape index (κ2) is 6.25. The fourth-order valence-corrected chi connectivity index (χ4v) is 4.32. The predicted molar refractivity (Wildman–Crippen MR) is 99.9 cm³/mol. The number of nitrogens with one attached hydrogen (secondary N) is 1. The number of fused-ring (bicyclic) bond motifs is 4. The zero-order chi connectivity index (χ0) is 18.4. The molecule has 5 nitrogen and oxygen atoms in total. The molecule has 0 aromatic heterocycles. The number of rotatable bonds is 3. The van der Waals surface area contributed by atoms with Gasteiger partial charge < -0.3 is 19.3 Å². The summed E-state index contributed by atoms with van der Waals surface area (Å²) in [6.45, 7) is 3.98. The van der Waals surface area contributed by atoms with Crippen molar-refractivity contribution >= 4 is 11.3 Å². The molecular formula is C21H24NO4+. The number of hydrogen-bond acceptors (Lipinski definition) is 4. The van der Waals surface area contributed by atoms with Gasteiger partial charge in [0.1, 0.15) is 12.2 Å². The summed E-state index contributed by atoms with van der Waals surface area (Å²) in [6, 6.07) is 7.87. The number of hydrogen-bond donors (Lipinski definition) is 2. The SMILES string of the molecule is COc1cc2c(cc1O)C1=C(C)c3ccc(OC)c(OC)c3C[NH+]1CC2. The third-order valence-electron chi connectivity index (χ3n) is 5.54. The Balaban J connectivity index is 1.93. The lowest BCUT2D eigenvalue weighted by Crippen LogP contribution is -3.09. The second-order valence-electron chi connectivity index (χ2n) is 6.79. The van der Waals surface area contributed by atoms with Crippen LogP contribution in [-0.2, 0) is 13.0 Å². The summed E-state index contributed by atoms with van der Waals surface area (Å²) in [7, 11) is 4.95. The van der Waals surface area contributed by atoms with Crippen molar-refractivity contribution in [2.24, 2.45) is 0 Å². The van der Waals surface area contributed by atoms with Gasteiger partial charge in [0.25, 0.3) is 0 Å². The molecular weight excluding hydrogens is 330 g/mol. The standard InChI is InChI=1S/C21H23NO4/c1-12-14-5-6-18(24-2)21(26-4)16(14)11-22-8-7-13-9-19(25-3)17(23)10-15(13)20(12)22/h5-6,9-10,23H,7-8,11H2,1-4H3/p+1. The third kappa shape index (κ3) is 2.35. The van der Waals surface area contributed by atoms with Gasteiger partial charge in [-0.1, -0.05) is 6.07 Å². The second-order valence-corrected chi connectivity index (χ2v) is 6.79. The lowest BCUT2D eigenvalue weighted by Gasteiger charge is -2.34. The summed E-state index contributed by atoms with van der Waals surface area (Å²) in [5, 5.41) is 10.3. The van der Waals surface area contributed by atoms with Crippen LogP contribution in [0.15, 0.2) is 24.3 Å². The average molecular weight is 354 g/mol. The van der Waals surface area contributed by atoms with Crippen molar-refractivity contribution in [1.29, 1.82) is 0 Å². The number of benzene rings is 2. The molecule has 0 spiro atoms. The quantitative estimate of drug-likeness (QED) is 0.888. The lowest BCUT2D eigenvalue weighted by atomic mass is 9.86. The van der Waals surface area contributed by atoms with Crippen LogP contribution in [0.3, 0.4) is 0 Å². The van der Waals surface area contributed by atoms with E-state index < -0.39 is 0 Å². The first-order valence-electron chi connectivity index (χ1n) is 8.79. The van der Waals surface area contributed by atoms with Crippen molar-refractivity contribution < 1.29 is 24.2 Å². The van der Waals surface area contributed by atoms with Gasteiger partial charge in [0.05, 0.1) is 33.4 Å². The topological polar surface area (TPSA) is 52.4 Å². The third-order valence-corrected chi connectivity index (χ3v) is 5.54. The highest BCUT2D eigenvalue weighted by molar-refractivity contribution is 5.90. The van der Waals surface area contributed by atoms with E-state index in [-0.39, 0.29) is 5.75 Å². The molecule has 2 aliphatic heterocycles. The van der Waals surface area contributed by atoms with Crippen molar-refractivity contribution in [2.75, 3.05) is 27.9 Å². The van der Waals surface area contributed by atoms with E-state index in [0.29, 0.717) is 5.75 Å². The Bertz CT molecular complexity index is 917. The summed E-state index contributed by atoms with van der Waals surface area (Å²) in [6.07, 6.45) is 0.944. The fourth-order valence-electron chi connectivity index (χ4n) is 4.32.